The molecule has 2 N–H and O–H groups in total. The van der Waals surface area contributed by atoms with Crippen molar-refractivity contribution in [2.75, 3.05) is 0 Å². The molecule has 1 aromatic rings. The smallest absolute Gasteiger partial charge is 0.0592 e. The summed E-state index contributed by atoms with van der Waals surface area (Å²) in [6.45, 7) is 2.94. The molecule has 0 atom stereocenters. The summed E-state index contributed by atoms with van der Waals surface area (Å²) in [5.41, 5.74) is 7.21. The third-order valence-electron chi connectivity index (χ3n) is 2.29. The normalized spacial score (nSPS) is 20.2. The minimum absolute atomic E-state index is 0.0663. The van der Waals surface area contributed by atoms with Gasteiger partial charge in [0, 0.05) is 17.4 Å². The summed E-state index contributed by atoms with van der Waals surface area (Å²) in [4.78, 5) is 0. The molecule has 0 aliphatic heterocycles. The van der Waals surface area contributed by atoms with E-state index >= 15 is 0 Å². The van der Waals surface area contributed by atoms with E-state index < -0.39 is 0 Å². The van der Waals surface area contributed by atoms with E-state index in [0.717, 1.165) is 19.4 Å². The molecule has 0 unspecified atom stereocenters. The minimum Gasteiger partial charge on any atom is -0.324 e. The Labute approximate surface area is 66.2 Å². The van der Waals surface area contributed by atoms with Crippen LogP contribution < -0.4 is 5.73 Å². The first-order valence-corrected chi connectivity index (χ1v) is 3.97. The standard InChI is InChI=1S/C8H13N3/c1-7-2-5-10-11(7)6-8(9)3-4-8/h2,5H,3-4,6,9H2,1H3. The van der Waals surface area contributed by atoms with Gasteiger partial charge < -0.3 is 5.73 Å². The van der Waals surface area contributed by atoms with Gasteiger partial charge in [-0.05, 0) is 25.8 Å². The van der Waals surface area contributed by atoms with Crippen LogP contribution in [0, 0.1) is 6.92 Å². The van der Waals surface area contributed by atoms with Crippen LogP contribution in [0.2, 0.25) is 0 Å². The lowest BCUT2D eigenvalue weighted by Crippen LogP contribution is -2.29. The third-order valence-corrected chi connectivity index (χ3v) is 2.29. The van der Waals surface area contributed by atoms with E-state index in [4.69, 9.17) is 5.73 Å². The molecule has 0 amide bonds. The van der Waals surface area contributed by atoms with Gasteiger partial charge >= 0.3 is 0 Å². The Kier molecular flexibility index (Phi) is 1.29. The lowest BCUT2D eigenvalue weighted by Gasteiger charge is -2.09. The van der Waals surface area contributed by atoms with Gasteiger partial charge in [-0.1, -0.05) is 0 Å². The Morgan fingerprint density at radius 2 is 2.45 bits per heavy atom. The molecule has 1 aliphatic rings. The highest BCUT2D eigenvalue weighted by Gasteiger charge is 2.38. The van der Waals surface area contributed by atoms with Gasteiger partial charge in [0.25, 0.3) is 0 Å². The number of hydrogen-bond donors (Lipinski definition) is 1. The van der Waals surface area contributed by atoms with Crippen molar-refractivity contribution in [2.24, 2.45) is 5.73 Å². The van der Waals surface area contributed by atoms with Crippen molar-refractivity contribution in [2.45, 2.75) is 31.8 Å². The fourth-order valence-corrected chi connectivity index (χ4v) is 1.18. The van der Waals surface area contributed by atoms with Crippen molar-refractivity contribution in [1.82, 2.24) is 9.78 Å². The van der Waals surface area contributed by atoms with Crippen LogP contribution in [0.1, 0.15) is 18.5 Å². The van der Waals surface area contributed by atoms with Crippen LogP contribution in [-0.2, 0) is 6.54 Å². The summed E-state index contributed by atoms with van der Waals surface area (Å²) in [7, 11) is 0. The van der Waals surface area contributed by atoms with E-state index in [1.807, 2.05) is 16.9 Å². The van der Waals surface area contributed by atoms with Crippen LogP contribution in [0.5, 0.6) is 0 Å². The highest BCUT2D eigenvalue weighted by atomic mass is 15.3. The monoisotopic (exact) mass is 151 g/mol. The van der Waals surface area contributed by atoms with Gasteiger partial charge in [0.2, 0.25) is 0 Å². The van der Waals surface area contributed by atoms with Gasteiger partial charge in [-0.25, -0.2) is 0 Å². The molecule has 3 heteroatoms. The Balaban J connectivity index is 2.12. The molecule has 0 radical (unpaired) electrons. The molecule has 1 saturated carbocycles. The Morgan fingerprint density at radius 1 is 1.73 bits per heavy atom. The van der Waals surface area contributed by atoms with E-state index in [1.165, 1.54) is 5.69 Å². The molecule has 11 heavy (non-hydrogen) atoms. The summed E-state index contributed by atoms with van der Waals surface area (Å²) >= 11 is 0. The van der Waals surface area contributed by atoms with E-state index in [-0.39, 0.29) is 5.54 Å². The third kappa shape index (κ3) is 1.28. The van der Waals surface area contributed by atoms with Crippen molar-refractivity contribution in [1.29, 1.82) is 0 Å². The van der Waals surface area contributed by atoms with Crippen LogP contribution in [-0.4, -0.2) is 15.3 Å². The topological polar surface area (TPSA) is 43.8 Å². The van der Waals surface area contributed by atoms with Crippen molar-refractivity contribution in [3.63, 3.8) is 0 Å². The molecular weight excluding hydrogens is 138 g/mol. The molecule has 1 fully saturated rings. The maximum atomic E-state index is 5.95. The SMILES string of the molecule is Cc1ccnn1CC1(N)CC1. The molecule has 1 aliphatic carbocycles. The van der Waals surface area contributed by atoms with Crippen molar-refractivity contribution < 1.29 is 0 Å². The van der Waals surface area contributed by atoms with Gasteiger partial charge in [-0.3, -0.25) is 4.68 Å². The van der Waals surface area contributed by atoms with Gasteiger partial charge in [0.1, 0.15) is 0 Å². The van der Waals surface area contributed by atoms with Crippen LogP contribution in [0.25, 0.3) is 0 Å². The van der Waals surface area contributed by atoms with E-state index in [2.05, 4.69) is 12.0 Å². The zero-order valence-corrected chi connectivity index (χ0v) is 6.75. The summed E-state index contributed by atoms with van der Waals surface area (Å²) in [6.07, 6.45) is 4.11. The Morgan fingerprint density at radius 3 is 2.91 bits per heavy atom. The van der Waals surface area contributed by atoms with E-state index in [9.17, 15) is 0 Å². The van der Waals surface area contributed by atoms with Crippen molar-refractivity contribution in [3.05, 3.63) is 18.0 Å². The van der Waals surface area contributed by atoms with Crippen LogP contribution in [0.3, 0.4) is 0 Å². The fourth-order valence-electron chi connectivity index (χ4n) is 1.18. The average molecular weight is 151 g/mol. The van der Waals surface area contributed by atoms with Crippen molar-refractivity contribution >= 4 is 0 Å². The second kappa shape index (κ2) is 2.08. The molecule has 1 heterocycles. The highest BCUT2D eigenvalue weighted by Crippen LogP contribution is 2.33. The highest BCUT2D eigenvalue weighted by molar-refractivity contribution is 5.03. The molecule has 0 spiro atoms. The molecule has 3 nitrogen and oxygen atoms in total. The fraction of sp³-hybridized carbons (Fsp3) is 0.625. The van der Waals surface area contributed by atoms with Crippen LogP contribution in [0.4, 0.5) is 0 Å². The summed E-state index contributed by atoms with van der Waals surface area (Å²) in [5.74, 6) is 0. The number of aromatic nitrogens is 2. The predicted molar refractivity (Wildman–Crippen MR) is 43.1 cm³/mol. The maximum absolute atomic E-state index is 5.95. The zero-order valence-electron chi connectivity index (χ0n) is 6.75. The van der Waals surface area contributed by atoms with Gasteiger partial charge in [0.15, 0.2) is 0 Å². The second-order valence-corrected chi connectivity index (χ2v) is 3.49. The van der Waals surface area contributed by atoms with Crippen LogP contribution >= 0.6 is 0 Å². The number of nitrogens with two attached hydrogens (primary N) is 1. The van der Waals surface area contributed by atoms with E-state index in [0.29, 0.717) is 0 Å². The summed E-state index contributed by atoms with van der Waals surface area (Å²) in [5, 5.41) is 4.18. The number of hydrogen-bond acceptors (Lipinski definition) is 2. The molecule has 0 aromatic carbocycles. The number of aryl methyl sites for hydroxylation is 1. The Hall–Kier alpha value is -0.830. The number of nitrogens with zero attached hydrogens (tertiary/aromatic N) is 2. The molecule has 0 bridgehead atoms. The summed E-state index contributed by atoms with van der Waals surface area (Å²) < 4.78 is 1.98. The average Bonchev–Trinajstić information content (AvgIpc) is 2.54. The molecule has 1 aromatic heterocycles. The first kappa shape index (κ1) is 6.85. The lowest BCUT2D eigenvalue weighted by atomic mass is 10.3. The quantitative estimate of drug-likeness (QED) is 0.675. The minimum atomic E-state index is 0.0663. The van der Waals surface area contributed by atoms with Gasteiger partial charge in [0.05, 0.1) is 6.54 Å². The molecule has 60 valence electrons. The molecule has 0 saturated heterocycles. The molecular formula is C8H13N3. The number of rotatable bonds is 2. The van der Waals surface area contributed by atoms with Crippen LogP contribution in [0.15, 0.2) is 12.3 Å². The van der Waals surface area contributed by atoms with E-state index in [1.54, 1.807) is 0 Å². The first-order chi connectivity index (χ1) is 5.20. The Bertz CT molecular complexity index is 260. The first-order valence-electron chi connectivity index (χ1n) is 3.97. The predicted octanol–water partition coefficient (Wildman–Crippen LogP) is 0.683. The lowest BCUT2D eigenvalue weighted by molar-refractivity contribution is 0.491. The molecule has 2 rings (SSSR count). The van der Waals surface area contributed by atoms with Gasteiger partial charge in [-0.15, -0.1) is 0 Å². The largest absolute Gasteiger partial charge is 0.324 e. The zero-order chi connectivity index (χ0) is 7.90. The maximum Gasteiger partial charge on any atom is 0.0592 e. The van der Waals surface area contributed by atoms with Crippen molar-refractivity contribution in [3.8, 4) is 0 Å². The second-order valence-electron chi connectivity index (χ2n) is 3.49. The summed E-state index contributed by atoms with van der Waals surface area (Å²) in [6, 6.07) is 2.01. The van der Waals surface area contributed by atoms with Gasteiger partial charge in [-0.2, -0.15) is 5.10 Å².